The molecule has 1 aliphatic rings. The molecule has 0 atom stereocenters. The Morgan fingerprint density at radius 3 is 2.34 bits per heavy atom. The number of aryl methyl sites for hydroxylation is 1. The van der Waals surface area contributed by atoms with E-state index < -0.39 is 0 Å². The van der Waals surface area contributed by atoms with Gasteiger partial charge in [0.2, 0.25) is 0 Å². The minimum atomic E-state index is -0.208. The van der Waals surface area contributed by atoms with Crippen LogP contribution >= 0.6 is 24.0 Å². The van der Waals surface area contributed by atoms with E-state index in [9.17, 15) is 4.39 Å². The maximum atomic E-state index is 13.2. The first-order valence-electron chi connectivity index (χ1n) is 10.4. The molecule has 1 saturated heterocycles. The zero-order valence-electron chi connectivity index (χ0n) is 18.0. The topological polar surface area (TPSA) is 69.8 Å². The SMILES string of the molecule is Cc1ccc(NC(N)=NCc2ccnc(N3CCN(c4ccc(F)cc4)CC3)c2)cc1.I. The molecule has 0 saturated carbocycles. The highest BCUT2D eigenvalue weighted by molar-refractivity contribution is 14.0. The fourth-order valence-electron chi connectivity index (χ4n) is 3.58. The molecule has 2 heterocycles. The molecule has 0 aliphatic carbocycles. The van der Waals surface area contributed by atoms with Gasteiger partial charge >= 0.3 is 0 Å². The number of nitrogens with one attached hydrogen (secondary N) is 1. The van der Waals surface area contributed by atoms with E-state index >= 15 is 0 Å². The van der Waals surface area contributed by atoms with Gasteiger partial charge in [0.1, 0.15) is 11.6 Å². The third-order valence-electron chi connectivity index (χ3n) is 5.36. The third kappa shape index (κ3) is 6.32. The minimum Gasteiger partial charge on any atom is -0.370 e. The van der Waals surface area contributed by atoms with Crippen molar-refractivity contribution in [3.63, 3.8) is 0 Å². The smallest absolute Gasteiger partial charge is 0.193 e. The fraction of sp³-hybridized carbons (Fsp3) is 0.250. The molecule has 6 nitrogen and oxygen atoms in total. The van der Waals surface area contributed by atoms with E-state index in [2.05, 4.69) is 31.2 Å². The van der Waals surface area contributed by atoms with Crippen molar-refractivity contribution in [3.05, 3.63) is 83.8 Å². The predicted octanol–water partition coefficient (Wildman–Crippen LogP) is 4.40. The van der Waals surface area contributed by atoms with Gasteiger partial charge in [0.05, 0.1) is 6.54 Å². The number of nitrogens with zero attached hydrogens (tertiary/aromatic N) is 4. The highest BCUT2D eigenvalue weighted by atomic mass is 127. The Balaban J connectivity index is 0.00000289. The quantitative estimate of drug-likeness (QED) is 0.282. The second-order valence-corrected chi connectivity index (χ2v) is 7.67. The van der Waals surface area contributed by atoms with Crippen molar-refractivity contribution >= 4 is 47.1 Å². The molecule has 1 aromatic heterocycles. The van der Waals surface area contributed by atoms with Crippen LogP contribution in [0.4, 0.5) is 21.6 Å². The molecule has 1 fully saturated rings. The lowest BCUT2D eigenvalue weighted by atomic mass is 10.2. The van der Waals surface area contributed by atoms with Crippen LogP contribution < -0.4 is 20.9 Å². The number of benzene rings is 2. The first-order chi connectivity index (χ1) is 15.1. The van der Waals surface area contributed by atoms with Crippen molar-refractivity contribution in [1.82, 2.24) is 4.98 Å². The first-order valence-corrected chi connectivity index (χ1v) is 10.4. The van der Waals surface area contributed by atoms with E-state index in [-0.39, 0.29) is 29.8 Å². The number of aliphatic imine (C=N–C) groups is 1. The summed E-state index contributed by atoms with van der Waals surface area (Å²) < 4.78 is 13.2. The molecule has 0 spiro atoms. The molecule has 8 heteroatoms. The van der Waals surface area contributed by atoms with Crippen LogP contribution in [0.25, 0.3) is 0 Å². The van der Waals surface area contributed by atoms with Crippen molar-refractivity contribution in [2.75, 3.05) is 41.3 Å². The second-order valence-electron chi connectivity index (χ2n) is 7.67. The van der Waals surface area contributed by atoms with E-state index in [4.69, 9.17) is 5.73 Å². The van der Waals surface area contributed by atoms with Crippen LogP contribution in [-0.2, 0) is 6.54 Å². The van der Waals surface area contributed by atoms with Crippen LogP contribution in [0, 0.1) is 12.7 Å². The lowest BCUT2D eigenvalue weighted by molar-refractivity contribution is 0.624. The molecule has 0 amide bonds. The fourth-order valence-corrected chi connectivity index (χ4v) is 3.58. The lowest BCUT2D eigenvalue weighted by Crippen LogP contribution is -2.46. The highest BCUT2D eigenvalue weighted by Gasteiger charge is 2.18. The molecular formula is C24H28FIN6. The van der Waals surface area contributed by atoms with Crippen LogP contribution in [0.5, 0.6) is 0 Å². The summed E-state index contributed by atoms with van der Waals surface area (Å²) in [5.41, 5.74) is 10.3. The Kier molecular flexibility index (Phi) is 8.26. The molecule has 2 aromatic carbocycles. The lowest BCUT2D eigenvalue weighted by Gasteiger charge is -2.36. The van der Waals surface area contributed by atoms with Crippen LogP contribution in [-0.4, -0.2) is 37.1 Å². The molecule has 3 N–H and O–H groups in total. The Labute approximate surface area is 205 Å². The minimum absolute atomic E-state index is 0. The van der Waals surface area contributed by atoms with Gasteiger partial charge in [0.25, 0.3) is 0 Å². The van der Waals surface area contributed by atoms with E-state index in [0.717, 1.165) is 48.9 Å². The monoisotopic (exact) mass is 546 g/mol. The number of rotatable bonds is 5. The number of pyridine rings is 1. The third-order valence-corrected chi connectivity index (χ3v) is 5.36. The summed E-state index contributed by atoms with van der Waals surface area (Å²) in [4.78, 5) is 13.5. The van der Waals surface area contributed by atoms with Crippen molar-refractivity contribution in [2.45, 2.75) is 13.5 Å². The highest BCUT2D eigenvalue weighted by Crippen LogP contribution is 2.20. The van der Waals surface area contributed by atoms with Gasteiger partial charge in [-0.25, -0.2) is 14.4 Å². The maximum absolute atomic E-state index is 13.2. The molecule has 0 radical (unpaired) electrons. The summed E-state index contributed by atoms with van der Waals surface area (Å²) in [6.45, 7) is 5.97. The second kappa shape index (κ2) is 11.1. The summed E-state index contributed by atoms with van der Waals surface area (Å²) in [7, 11) is 0. The number of guanidine groups is 1. The summed E-state index contributed by atoms with van der Waals surface area (Å²) in [6.07, 6.45) is 1.82. The van der Waals surface area contributed by atoms with Gasteiger partial charge in [0.15, 0.2) is 5.96 Å². The molecule has 4 rings (SSSR count). The summed E-state index contributed by atoms with van der Waals surface area (Å²) >= 11 is 0. The van der Waals surface area contributed by atoms with Gasteiger partial charge in [-0.15, -0.1) is 24.0 Å². The molecule has 1 aliphatic heterocycles. The number of piperazine rings is 1. The van der Waals surface area contributed by atoms with Gasteiger partial charge in [-0.1, -0.05) is 17.7 Å². The van der Waals surface area contributed by atoms with E-state index in [0.29, 0.717) is 12.5 Å². The van der Waals surface area contributed by atoms with Gasteiger partial charge in [-0.3, -0.25) is 0 Å². The predicted molar refractivity (Wildman–Crippen MR) is 141 cm³/mol. The summed E-state index contributed by atoms with van der Waals surface area (Å²) in [6, 6.07) is 18.7. The summed E-state index contributed by atoms with van der Waals surface area (Å²) in [5.74, 6) is 1.12. The van der Waals surface area contributed by atoms with Gasteiger partial charge in [0, 0.05) is 43.8 Å². The molecular weight excluding hydrogens is 518 g/mol. The molecule has 0 unspecified atom stereocenters. The first kappa shape index (κ1) is 23.8. The number of nitrogens with two attached hydrogens (primary N) is 1. The Bertz CT molecular complexity index is 1030. The van der Waals surface area contributed by atoms with Crippen molar-refractivity contribution in [1.29, 1.82) is 0 Å². The Morgan fingerprint density at radius 2 is 1.66 bits per heavy atom. The molecule has 32 heavy (non-hydrogen) atoms. The number of aromatic nitrogens is 1. The largest absolute Gasteiger partial charge is 0.370 e. The average Bonchev–Trinajstić information content (AvgIpc) is 2.80. The zero-order valence-corrected chi connectivity index (χ0v) is 20.4. The summed E-state index contributed by atoms with van der Waals surface area (Å²) in [5, 5.41) is 3.11. The van der Waals surface area contributed by atoms with E-state index in [1.165, 1.54) is 17.7 Å². The van der Waals surface area contributed by atoms with Crippen molar-refractivity contribution in [3.8, 4) is 0 Å². The molecule has 3 aromatic rings. The number of anilines is 3. The van der Waals surface area contributed by atoms with Crippen molar-refractivity contribution in [2.24, 2.45) is 10.7 Å². The van der Waals surface area contributed by atoms with Crippen LogP contribution in [0.1, 0.15) is 11.1 Å². The normalized spacial score (nSPS) is 14.1. The van der Waals surface area contributed by atoms with Gasteiger partial charge < -0.3 is 20.9 Å². The number of halogens is 2. The van der Waals surface area contributed by atoms with Gasteiger partial charge in [-0.05, 0) is 61.0 Å². The maximum Gasteiger partial charge on any atom is 0.193 e. The number of hydrogen-bond acceptors (Lipinski definition) is 4. The average molecular weight is 546 g/mol. The van der Waals surface area contributed by atoms with Crippen LogP contribution in [0.2, 0.25) is 0 Å². The molecule has 0 bridgehead atoms. The van der Waals surface area contributed by atoms with Gasteiger partial charge in [-0.2, -0.15) is 0 Å². The van der Waals surface area contributed by atoms with Crippen LogP contribution in [0.15, 0.2) is 71.9 Å². The number of hydrogen-bond donors (Lipinski definition) is 2. The van der Waals surface area contributed by atoms with Crippen molar-refractivity contribution < 1.29 is 4.39 Å². The zero-order chi connectivity index (χ0) is 21.6. The Hall–Kier alpha value is -2.88. The Morgan fingerprint density at radius 1 is 1.00 bits per heavy atom. The molecule has 168 valence electrons. The van der Waals surface area contributed by atoms with E-state index in [1.807, 2.05) is 55.6 Å². The van der Waals surface area contributed by atoms with E-state index in [1.54, 1.807) is 0 Å². The standard InChI is InChI=1S/C24H27FN6.HI/c1-18-2-6-21(7-3-18)29-24(26)28-17-19-10-11-27-23(16-19)31-14-12-30(13-15-31)22-8-4-20(25)5-9-22;/h2-11,16H,12-15,17H2,1H3,(H3,26,28,29);1H. The van der Waals surface area contributed by atoms with Crippen LogP contribution in [0.3, 0.4) is 0 Å².